The van der Waals surface area contributed by atoms with Gasteiger partial charge in [0, 0.05) is 0 Å². The monoisotopic (exact) mass is 495 g/mol. The number of H-pyrrole nitrogens is 1. The molecule has 1 fully saturated rings. The van der Waals surface area contributed by atoms with Gasteiger partial charge >= 0.3 is 7.82 Å². The van der Waals surface area contributed by atoms with E-state index < -0.39 is 44.5 Å². The maximum absolute atomic E-state index is 12.4. The molecule has 0 bridgehead atoms. The molecule has 15 nitrogen and oxygen atoms in total. The summed E-state index contributed by atoms with van der Waals surface area (Å²) < 4.78 is 22.1. The Morgan fingerprint density at radius 2 is 1.91 bits per heavy atom. The number of benzene rings is 1. The fourth-order valence-corrected chi connectivity index (χ4v) is 3.79. The third kappa shape index (κ3) is 4.90. The van der Waals surface area contributed by atoms with Gasteiger partial charge in [-0.05, 0) is 24.1 Å². The SMILES string of the molecule is CCc1ccc(N=Nc2nc3c(=O)[nH]c(N)nc3n2[C@@H]2O[C@H](COP(=O)(O)O)C(O)C2O)cc1. The average molecular weight is 495 g/mol. The van der Waals surface area contributed by atoms with Crippen molar-refractivity contribution in [2.24, 2.45) is 10.2 Å². The van der Waals surface area contributed by atoms with E-state index in [-0.39, 0.29) is 23.1 Å². The van der Waals surface area contributed by atoms with Gasteiger partial charge in [0.05, 0.1) is 12.3 Å². The number of nitrogens with one attached hydrogen (secondary N) is 1. The molecule has 2 aromatic heterocycles. The molecule has 1 saturated heterocycles. The van der Waals surface area contributed by atoms with Crippen LogP contribution < -0.4 is 11.3 Å². The molecule has 3 aromatic rings. The number of nitrogens with two attached hydrogens (primary N) is 1. The Bertz CT molecular complexity index is 1320. The summed E-state index contributed by atoms with van der Waals surface area (Å²) in [6, 6.07) is 7.21. The molecule has 182 valence electrons. The van der Waals surface area contributed by atoms with E-state index in [1.165, 1.54) is 0 Å². The van der Waals surface area contributed by atoms with Crippen LogP contribution in [0.2, 0.25) is 0 Å². The van der Waals surface area contributed by atoms with Gasteiger partial charge in [-0.2, -0.15) is 4.98 Å². The van der Waals surface area contributed by atoms with Crippen LogP contribution in [0.25, 0.3) is 11.2 Å². The van der Waals surface area contributed by atoms with Crippen molar-refractivity contribution in [3.63, 3.8) is 0 Å². The van der Waals surface area contributed by atoms with Crippen molar-refractivity contribution in [2.45, 2.75) is 37.9 Å². The number of anilines is 1. The van der Waals surface area contributed by atoms with Crippen LogP contribution in [0.1, 0.15) is 18.7 Å². The number of aliphatic hydroxyl groups is 2. The van der Waals surface area contributed by atoms with Crippen molar-refractivity contribution in [1.29, 1.82) is 0 Å². The van der Waals surface area contributed by atoms with Crippen molar-refractivity contribution in [1.82, 2.24) is 19.5 Å². The largest absolute Gasteiger partial charge is 0.469 e. The molecule has 1 aliphatic heterocycles. The Morgan fingerprint density at radius 1 is 1.21 bits per heavy atom. The number of aryl methyl sites for hydroxylation is 1. The maximum Gasteiger partial charge on any atom is 0.469 e. The topological polar surface area (TPSA) is 231 Å². The van der Waals surface area contributed by atoms with Crippen LogP contribution in [0.3, 0.4) is 0 Å². The smallest absolute Gasteiger partial charge is 0.387 e. The highest BCUT2D eigenvalue weighted by Gasteiger charge is 2.46. The maximum atomic E-state index is 12.4. The summed E-state index contributed by atoms with van der Waals surface area (Å²) in [5, 5.41) is 29.1. The summed E-state index contributed by atoms with van der Waals surface area (Å²) in [5.41, 5.74) is 6.27. The summed E-state index contributed by atoms with van der Waals surface area (Å²) in [6.45, 7) is 1.29. The predicted molar refractivity (Wildman–Crippen MR) is 116 cm³/mol. The Hall–Kier alpha value is -3.04. The number of aliphatic hydroxyl groups excluding tert-OH is 2. The molecule has 0 aliphatic carbocycles. The number of aromatic amines is 1. The second-order valence-electron chi connectivity index (χ2n) is 7.46. The van der Waals surface area contributed by atoms with Crippen LogP contribution >= 0.6 is 7.82 Å². The lowest BCUT2D eigenvalue weighted by atomic mass is 10.1. The van der Waals surface area contributed by atoms with E-state index in [9.17, 15) is 19.6 Å². The summed E-state index contributed by atoms with van der Waals surface area (Å²) >= 11 is 0. The molecule has 4 rings (SSSR count). The van der Waals surface area contributed by atoms with E-state index in [1.807, 2.05) is 19.1 Å². The number of imidazole rings is 1. The number of ether oxygens (including phenoxy) is 1. The van der Waals surface area contributed by atoms with Crippen molar-refractivity contribution in [2.75, 3.05) is 12.3 Å². The van der Waals surface area contributed by atoms with E-state index in [0.717, 1.165) is 16.6 Å². The summed E-state index contributed by atoms with van der Waals surface area (Å²) in [5.74, 6) is -0.433. The molecule has 0 amide bonds. The lowest BCUT2D eigenvalue weighted by molar-refractivity contribution is -0.0496. The number of hydrogen-bond acceptors (Lipinski definition) is 11. The Balaban J connectivity index is 1.75. The number of nitrogens with zero attached hydrogens (tertiary/aromatic N) is 5. The zero-order chi connectivity index (χ0) is 24.6. The van der Waals surface area contributed by atoms with Crippen LogP contribution in [0.15, 0.2) is 39.3 Å². The minimum atomic E-state index is -4.86. The minimum absolute atomic E-state index is 0.107. The first-order chi connectivity index (χ1) is 16.1. The van der Waals surface area contributed by atoms with Crippen LogP contribution in [-0.4, -0.2) is 64.4 Å². The van der Waals surface area contributed by atoms with Gasteiger partial charge in [0.15, 0.2) is 17.4 Å². The Kier molecular flexibility index (Phi) is 6.60. The molecule has 16 heteroatoms. The van der Waals surface area contributed by atoms with Crippen LogP contribution in [0, 0.1) is 0 Å². The summed E-state index contributed by atoms with van der Waals surface area (Å²) in [7, 11) is -4.86. The fourth-order valence-electron chi connectivity index (χ4n) is 3.45. The highest BCUT2D eigenvalue weighted by Crippen LogP contribution is 2.40. The average Bonchev–Trinajstić information content (AvgIpc) is 3.28. The van der Waals surface area contributed by atoms with E-state index in [4.69, 9.17) is 20.3 Å². The molecule has 1 aromatic carbocycles. The van der Waals surface area contributed by atoms with Gasteiger partial charge in [-0.25, -0.2) is 9.55 Å². The lowest BCUT2D eigenvalue weighted by Crippen LogP contribution is -2.33. The molecule has 4 atom stereocenters. The van der Waals surface area contributed by atoms with Crippen LogP contribution in [0.5, 0.6) is 0 Å². The number of aromatic nitrogens is 4. The molecule has 0 saturated carbocycles. The highest BCUT2D eigenvalue weighted by molar-refractivity contribution is 7.46. The Labute approximate surface area is 191 Å². The second-order valence-corrected chi connectivity index (χ2v) is 8.70. The van der Waals surface area contributed by atoms with Crippen molar-refractivity contribution >= 4 is 36.6 Å². The van der Waals surface area contributed by atoms with E-state index in [2.05, 4.69) is 29.7 Å². The van der Waals surface area contributed by atoms with Gasteiger partial charge in [0.25, 0.3) is 11.5 Å². The van der Waals surface area contributed by atoms with E-state index >= 15 is 0 Å². The van der Waals surface area contributed by atoms with Crippen molar-refractivity contribution < 1.29 is 33.8 Å². The highest BCUT2D eigenvalue weighted by atomic mass is 31.2. The molecular formula is C18H22N7O8P. The second kappa shape index (κ2) is 9.31. The first kappa shape index (κ1) is 24.1. The van der Waals surface area contributed by atoms with Crippen LogP contribution in [-0.2, 0) is 20.2 Å². The normalized spacial score (nSPS) is 23.3. The Morgan fingerprint density at radius 3 is 2.56 bits per heavy atom. The first-order valence-corrected chi connectivity index (χ1v) is 11.6. The molecule has 0 radical (unpaired) electrons. The van der Waals surface area contributed by atoms with Gasteiger partial charge in [-0.3, -0.25) is 18.9 Å². The molecule has 3 heterocycles. The zero-order valence-electron chi connectivity index (χ0n) is 17.7. The zero-order valence-corrected chi connectivity index (χ0v) is 18.6. The molecule has 34 heavy (non-hydrogen) atoms. The van der Waals surface area contributed by atoms with Crippen LogP contribution in [0.4, 0.5) is 17.6 Å². The predicted octanol–water partition coefficient (Wildman–Crippen LogP) is 0.408. The minimum Gasteiger partial charge on any atom is -0.387 e. The molecule has 2 unspecified atom stereocenters. The molecule has 0 spiro atoms. The van der Waals surface area contributed by atoms with E-state index in [0.29, 0.717) is 5.69 Å². The van der Waals surface area contributed by atoms with Crippen molar-refractivity contribution in [3.05, 3.63) is 40.2 Å². The fraction of sp³-hybridized carbons (Fsp3) is 0.389. The number of azo groups is 1. The van der Waals surface area contributed by atoms with Gasteiger partial charge in [-0.15, -0.1) is 10.2 Å². The standard InChI is InChI=1S/C18H22N7O8P/c1-2-8-3-5-9(6-4-8)23-24-18-20-11-14(21-17(19)22-15(11)28)25(18)16-13(27)12(26)10(33-16)7-32-34(29,30)31/h3-6,10,12-13,16,26-27H,2,7H2,1H3,(H2,29,30,31)(H3,19,21,22,28)/t10-,12?,13?,16-/m1/s1. The number of phosphoric acid groups is 1. The van der Waals surface area contributed by atoms with Gasteiger partial charge < -0.3 is 30.5 Å². The number of nitrogen functional groups attached to an aromatic ring is 1. The number of hydrogen-bond donors (Lipinski definition) is 6. The first-order valence-electron chi connectivity index (χ1n) is 10.1. The summed E-state index contributed by atoms with van der Waals surface area (Å²) in [4.78, 5) is 40.7. The lowest BCUT2D eigenvalue weighted by Gasteiger charge is -2.17. The van der Waals surface area contributed by atoms with E-state index in [1.54, 1.807) is 12.1 Å². The molecular weight excluding hydrogens is 473 g/mol. The number of phosphoric ester groups is 1. The number of rotatable bonds is 7. The van der Waals surface area contributed by atoms with Gasteiger partial charge in [0.2, 0.25) is 5.95 Å². The number of fused-ring (bicyclic) bond motifs is 1. The summed E-state index contributed by atoms with van der Waals surface area (Å²) in [6.07, 6.45) is -5.11. The molecule has 7 N–H and O–H groups in total. The van der Waals surface area contributed by atoms with Gasteiger partial charge in [-0.1, -0.05) is 19.1 Å². The molecule has 1 aliphatic rings. The van der Waals surface area contributed by atoms with Gasteiger partial charge in [0.1, 0.15) is 18.3 Å². The third-order valence-electron chi connectivity index (χ3n) is 5.15. The third-order valence-corrected chi connectivity index (χ3v) is 5.63. The quantitative estimate of drug-likeness (QED) is 0.194. The van der Waals surface area contributed by atoms with Crippen molar-refractivity contribution in [3.8, 4) is 0 Å².